The highest BCUT2D eigenvalue weighted by Gasteiger charge is 2.21. The molecule has 1 heterocycles. The molecule has 128 valence electrons. The monoisotopic (exact) mass is 357 g/mol. The average molecular weight is 358 g/mol. The van der Waals surface area contributed by atoms with Crippen molar-refractivity contribution in [3.8, 4) is 5.69 Å². The maximum absolute atomic E-state index is 13.3. The smallest absolute Gasteiger partial charge is 0.259 e. The zero-order chi connectivity index (χ0) is 18.0. The first-order valence-electron chi connectivity index (χ1n) is 7.86. The van der Waals surface area contributed by atoms with Crippen molar-refractivity contribution >= 4 is 23.2 Å². The van der Waals surface area contributed by atoms with Gasteiger partial charge in [-0.1, -0.05) is 37.6 Å². The van der Waals surface area contributed by atoms with Crippen LogP contribution in [0, 0.1) is 5.82 Å². The Morgan fingerprint density at radius 1 is 1.20 bits per heavy atom. The summed E-state index contributed by atoms with van der Waals surface area (Å²) in [4.78, 5) is 12.6. The topological polar surface area (TPSA) is 46.9 Å². The summed E-state index contributed by atoms with van der Waals surface area (Å²) in [6, 6.07) is 13.0. The highest BCUT2D eigenvalue weighted by atomic mass is 35.5. The number of hydrogen-bond donors (Lipinski definition) is 1. The Kier molecular flexibility index (Phi) is 4.86. The summed E-state index contributed by atoms with van der Waals surface area (Å²) < 4.78 is 15.0. The van der Waals surface area contributed by atoms with E-state index in [1.807, 2.05) is 26.0 Å². The van der Waals surface area contributed by atoms with Crippen LogP contribution in [-0.4, -0.2) is 15.7 Å². The highest BCUT2D eigenvalue weighted by Crippen LogP contribution is 2.25. The van der Waals surface area contributed by atoms with Gasteiger partial charge in [0.1, 0.15) is 5.82 Å². The van der Waals surface area contributed by atoms with Crippen molar-refractivity contribution in [3.05, 3.63) is 76.8 Å². The van der Waals surface area contributed by atoms with E-state index in [9.17, 15) is 9.18 Å². The second-order valence-corrected chi connectivity index (χ2v) is 6.39. The van der Waals surface area contributed by atoms with E-state index < -0.39 is 5.82 Å². The number of hydrogen-bond acceptors (Lipinski definition) is 2. The standard InChI is InChI=1S/C19H17ClFN3O/c1-12(2)18-17(19(25)23-15-7-4-6-14(21)10-15)11-22-24(18)16-8-3-5-13(20)9-16/h3-12H,1-2H3,(H,23,25). The molecule has 1 aromatic heterocycles. The average Bonchev–Trinajstić information content (AvgIpc) is 3.00. The molecule has 3 rings (SSSR count). The van der Waals surface area contributed by atoms with E-state index in [0.717, 1.165) is 11.4 Å². The molecule has 2 aromatic carbocycles. The fraction of sp³-hybridized carbons (Fsp3) is 0.158. The molecule has 0 saturated heterocycles. The SMILES string of the molecule is CC(C)c1c(C(=O)Nc2cccc(F)c2)cnn1-c1cccc(Cl)c1. The zero-order valence-electron chi connectivity index (χ0n) is 13.8. The van der Waals surface area contributed by atoms with Crippen LogP contribution < -0.4 is 5.32 Å². The summed E-state index contributed by atoms with van der Waals surface area (Å²) in [7, 11) is 0. The molecule has 0 aliphatic rings. The molecule has 25 heavy (non-hydrogen) atoms. The van der Waals surface area contributed by atoms with Gasteiger partial charge in [-0.05, 0) is 42.3 Å². The lowest BCUT2D eigenvalue weighted by Crippen LogP contribution is -2.15. The minimum Gasteiger partial charge on any atom is -0.322 e. The quantitative estimate of drug-likeness (QED) is 0.711. The first-order valence-corrected chi connectivity index (χ1v) is 8.24. The largest absolute Gasteiger partial charge is 0.322 e. The molecule has 0 aliphatic heterocycles. The molecule has 0 spiro atoms. The van der Waals surface area contributed by atoms with Crippen molar-refractivity contribution in [2.75, 3.05) is 5.32 Å². The predicted octanol–water partition coefficient (Wildman–Crippen LogP) is 5.04. The van der Waals surface area contributed by atoms with Crippen LogP contribution in [0.4, 0.5) is 10.1 Å². The molecule has 0 fully saturated rings. The van der Waals surface area contributed by atoms with Gasteiger partial charge in [-0.25, -0.2) is 9.07 Å². The number of carbonyl (C=O) groups is 1. The Morgan fingerprint density at radius 3 is 2.64 bits per heavy atom. The van der Waals surface area contributed by atoms with Crippen LogP contribution in [0.5, 0.6) is 0 Å². The Labute approximate surface area is 150 Å². The van der Waals surface area contributed by atoms with Crippen molar-refractivity contribution in [2.45, 2.75) is 19.8 Å². The van der Waals surface area contributed by atoms with Crippen LogP contribution in [0.2, 0.25) is 5.02 Å². The molecule has 1 amide bonds. The fourth-order valence-electron chi connectivity index (χ4n) is 2.67. The van der Waals surface area contributed by atoms with E-state index in [0.29, 0.717) is 16.3 Å². The lowest BCUT2D eigenvalue weighted by atomic mass is 10.0. The predicted molar refractivity (Wildman–Crippen MR) is 97.0 cm³/mol. The Hall–Kier alpha value is -2.66. The number of rotatable bonds is 4. The van der Waals surface area contributed by atoms with Crippen molar-refractivity contribution in [1.29, 1.82) is 0 Å². The summed E-state index contributed by atoms with van der Waals surface area (Å²) in [6.07, 6.45) is 1.52. The summed E-state index contributed by atoms with van der Waals surface area (Å²) >= 11 is 6.06. The first kappa shape index (κ1) is 17.2. The molecule has 6 heteroatoms. The van der Waals surface area contributed by atoms with E-state index in [1.165, 1.54) is 18.3 Å². The van der Waals surface area contributed by atoms with Gasteiger partial charge in [0.15, 0.2) is 0 Å². The van der Waals surface area contributed by atoms with E-state index in [2.05, 4.69) is 10.4 Å². The molecule has 0 aliphatic carbocycles. The van der Waals surface area contributed by atoms with E-state index in [-0.39, 0.29) is 11.8 Å². The Balaban J connectivity index is 1.98. The normalized spacial score (nSPS) is 10.9. The maximum Gasteiger partial charge on any atom is 0.259 e. The van der Waals surface area contributed by atoms with Gasteiger partial charge in [0.2, 0.25) is 0 Å². The summed E-state index contributed by atoms with van der Waals surface area (Å²) in [5.74, 6) is -0.686. The van der Waals surface area contributed by atoms with Crippen LogP contribution in [0.25, 0.3) is 5.69 Å². The number of halogens is 2. The first-order chi connectivity index (χ1) is 12.0. The van der Waals surface area contributed by atoms with Gasteiger partial charge in [-0.2, -0.15) is 5.10 Å². The lowest BCUT2D eigenvalue weighted by molar-refractivity contribution is 0.102. The molecule has 0 bridgehead atoms. The third-order valence-electron chi connectivity index (χ3n) is 3.73. The molecule has 1 N–H and O–H groups in total. The van der Waals surface area contributed by atoms with Crippen molar-refractivity contribution < 1.29 is 9.18 Å². The van der Waals surface area contributed by atoms with Crippen LogP contribution in [0.1, 0.15) is 35.8 Å². The number of amides is 1. The van der Waals surface area contributed by atoms with Gasteiger partial charge < -0.3 is 5.32 Å². The lowest BCUT2D eigenvalue weighted by Gasteiger charge is -2.13. The van der Waals surface area contributed by atoms with E-state index in [4.69, 9.17) is 11.6 Å². The fourth-order valence-corrected chi connectivity index (χ4v) is 2.85. The summed E-state index contributed by atoms with van der Waals surface area (Å²) in [5, 5.41) is 7.66. The second kappa shape index (κ2) is 7.07. The molecular formula is C19H17ClFN3O. The Morgan fingerprint density at radius 2 is 1.96 bits per heavy atom. The van der Waals surface area contributed by atoms with E-state index >= 15 is 0 Å². The molecule has 4 nitrogen and oxygen atoms in total. The highest BCUT2D eigenvalue weighted by molar-refractivity contribution is 6.30. The minimum absolute atomic E-state index is 0.0507. The summed E-state index contributed by atoms with van der Waals surface area (Å²) in [6.45, 7) is 3.97. The molecule has 3 aromatic rings. The summed E-state index contributed by atoms with van der Waals surface area (Å²) in [5.41, 5.74) is 2.38. The van der Waals surface area contributed by atoms with Crippen molar-refractivity contribution in [3.63, 3.8) is 0 Å². The number of nitrogens with zero attached hydrogens (tertiary/aromatic N) is 2. The third kappa shape index (κ3) is 3.72. The minimum atomic E-state index is -0.406. The maximum atomic E-state index is 13.3. The van der Waals surface area contributed by atoms with Gasteiger partial charge in [0.25, 0.3) is 5.91 Å². The van der Waals surface area contributed by atoms with Gasteiger partial charge in [-0.15, -0.1) is 0 Å². The molecule has 0 radical (unpaired) electrons. The van der Waals surface area contributed by atoms with Crippen LogP contribution >= 0.6 is 11.6 Å². The number of benzene rings is 2. The van der Waals surface area contributed by atoms with Gasteiger partial charge in [0.05, 0.1) is 23.1 Å². The number of nitrogens with one attached hydrogen (secondary N) is 1. The molecular weight excluding hydrogens is 341 g/mol. The van der Waals surface area contributed by atoms with Crippen molar-refractivity contribution in [1.82, 2.24) is 9.78 Å². The molecule has 0 atom stereocenters. The van der Waals surface area contributed by atoms with Crippen molar-refractivity contribution in [2.24, 2.45) is 0 Å². The van der Waals surface area contributed by atoms with Gasteiger partial charge in [-0.3, -0.25) is 4.79 Å². The van der Waals surface area contributed by atoms with Gasteiger partial charge in [0, 0.05) is 10.7 Å². The zero-order valence-corrected chi connectivity index (χ0v) is 14.6. The Bertz CT molecular complexity index is 921. The van der Waals surface area contributed by atoms with Gasteiger partial charge >= 0.3 is 0 Å². The van der Waals surface area contributed by atoms with Crippen LogP contribution in [0.3, 0.4) is 0 Å². The van der Waals surface area contributed by atoms with E-state index in [1.54, 1.807) is 28.9 Å². The number of aromatic nitrogens is 2. The molecule has 0 saturated carbocycles. The van der Waals surface area contributed by atoms with Crippen LogP contribution in [-0.2, 0) is 0 Å². The van der Waals surface area contributed by atoms with Crippen LogP contribution in [0.15, 0.2) is 54.7 Å². The number of anilines is 1. The third-order valence-corrected chi connectivity index (χ3v) is 3.97. The number of carbonyl (C=O) groups excluding carboxylic acids is 1. The molecule has 0 unspecified atom stereocenters. The second-order valence-electron chi connectivity index (χ2n) is 5.95.